The molecule has 1 fully saturated rings. The Morgan fingerprint density at radius 3 is 2.48 bits per heavy atom. The maximum absolute atomic E-state index is 13.3. The Hall–Kier alpha value is -2.19. The number of thiophene rings is 1. The molecular weight excluding hydrogens is 392 g/mol. The van der Waals surface area contributed by atoms with Crippen LogP contribution in [-0.4, -0.2) is 54.1 Å². The summed E-state index contributed by atoms with van der Waals surface area (Å²) in [5.41, 5.74) is 1.67. The van der Waals surface area contributed by atoms with Gasteiger partial charge in [-0.15, -0.1) is 11.3 Å². The van der Waals surface area contributed by atoms with E-state index in [4.69, 9.17) is 4.74 Å². The van der Waals surface area contributed by atoms with E-state index in [2.05, 4.69) is 5.32 Å². The molecule has 0 saturated carbocycles. The zero-order valence-corrected chi connectivity index (χ0v) is 17.1. The van der Waals surface area contributed by atoms with Gasteiger partial charge in [0.1, 0.15) is 5.00 Å². The molecule has 2 amide bonds. The number of fused-ring (bicyclic) bond motifs is 1. The molecule has 0 radical (unpaired) electrons. The first kappa shape index (κ1) is 20.1. The summed E-state index contributed by atoms with van der Waals surface area (Å²) in [4.78, 5) is 40.8. The number of nitrogens with one attached hydrogen (secondary N) is 1. The van der Waals surface area contributed by atoms with Gasteiger partial charge in [-0.2, -0.15) is 0 Å². The second kappa shape index (κ2) is 8.67. The van der Waals surface area contributed by atoms with E-state index in [1.165, 1.54) is 16.2 Å². The smallest absolute Gasteiger partial charge is 0.307 e. The molecule has 29 heavy (non-hydrogen) atoms. The van der Waals surface area contributed by atoms with Crippen LogP contribution in [0.25, 0.3) is 0 Å². The first-order chi connectivity index (χ1) is 14.1. The normalized spacial score (nSPS) is 24.1. The number of carboxylic acids is 1. The molecule has 156 valence electrons. The minimum atomic E-state index is -0.954. The van der Waals surface area contributed by atoms with Crippen molar-refractivity contribution in [2.24, 2.45) is 11.8 Å². The predicted octanol–water partition coefficient (Wildman–Crippen LogP) is 2.70. The SMILES string of the molecule is O=C(O)C1CC=CCC1C(=O)Nc1sc2c(c1C(=O)N1CCOCC1)CCCC2. The van der Waals surface area contributed by atoms with Crippen molar-refractivity contribution >= 4 is 34.1 Å². The number of rotatable bonds is 4. The van der Waals surface area contributed by atoms with Crippen LogP contribution in [-0.2, 0) is 27.2 Å². The van der Waals surface area contributed by atoms with Gasteiger partial charge in [-0.05, 0) is 44.1 Å². The third-order valence-corrected chi connectivity index (χ3v) is 7.21. The molecule has 0 spiro atoms. The molecule has 2 N–H and O–H groups in total. The third-order valence-electron chi connectivity index (χ3n) is 6.01. The number of hydrogen-bond acceptors (Lipinski definition) is 5. The highest BCUT2D eigenvalue weighted by Crippen LogP contribution is 2.40. The van der Waals surface area contributed by atoms with Crippen LogP contribution in [0.5, 0.6) is 0 Å². The molecule has 2 atom stereocenters. The van der Waals surface area contributed by atoms with Gasteiger partial charge in [0, 0.05) is 18.0 Å². The van der Waals surface area contributed by atoms with E-state index in [1.54, 1.807) is 4.90 Å². The minimum absolute atomic E-state index is 0.0543. The lowest BCUT2D eigenvalue weighted by Crippen LogP contribution is -2.41. The lowest BCUT2D eigenvalue weighted by atomic mass is 9.82. The highest BCUT2D eigenvalue weighted by Gasteiger charge is 2.36. The highest BCUT2D eigenvalue weighted by atomic mass is 32.1. The van der Waals surface area contributed by atoms with E-state index >= 15 is 0 Å². The van der Waals surface area contributed by atoms with Crippen molar-refractivity contribution in [1.29, 1.82) is 0 Å². The molecule has 8 heteroatoms. The van der Waals surface area contributed by atoms with E-state index < -0.39 is 17.8 Å². The Balaban J connectivity index is 1.62. The number of carbonyl (C=O) groups is 3. The number of amides is 2. The number of ether oxygens (including phenoxy) is 1. The van der Waals surface area contributed by atoms with Gasteiger partial charge in [-0.25, -0.2) is 0 Å². The Bertz CT molecular complexity index is 840. The van der Waals surface area contributed by atoms with E-state index in [9.17, 15) is 19.5 Å². The summed E-state index contributed by atoms with van der Waals surface area (Å²) in [6.07, 6.45) is 8.33. The number of aliphatic carboxylic acids is 1. The van der Waals surface area contributed by atoms with Crippen LogP contribution in [0.4, 0.5) is 5.00 Å². The van der Waals surface area contributed by atoms with E-state index in [-0.39, 0.29) is 11.8 Å². The summed E-state index contributed by atoms with van der Waals surface area (Å²) >= 11 is 1.48. The molecule has 2 aliphatic carbocycles. The molecular formula is C21H26N2O5S. The number of carbonyl (C=O) groups excluding carboxylic acids is 2. The quantitative estimate of drug-likeness (QED) is 0.733. The standard InChI is InChI=1S/C21H26N2O5S/c24-18(13-5-1-2-6-14(13)21(26)27)22-19-17(15-7-3-4-8-16(15)29-19)20(25)23-9-11-28-12-10-23/h1-2,13-14H,3-12H2,(H,22,24)(H,26,27). The van der Waals surface area contributed by atoms with E-state index in [1.807, 2.05) is 12.2 Å². The van der Waals surface area contributed by atoms with Gasteiger partial charge < -0.3 is 20.1 Å². The first-order valence-electron chi connectivity index (χ1n) is 10.3. The average molecular weight is 419 g/mol. The van der Waals surface area contributed by atoms with Crippen LogP contribution in [0.15, 0.2) is 12.2 Å². The molecule has 1 aromatic rings. The van der Waals surface area contributed by atoms with Crippen molar-refractivity contribution in [2.75, 3.05) is 31.6 Å². The summed E-state index contributed by atoms with van der Waals surface area (Å²) in [5, 5.41) is 13.0. The van der Waals surface area contributed by atoms with Crippen LogP contribution >= 0.6 is 11.3 Å². The number of nitrogens with zero attached hydrogens (tertiary/aromatic N) is 1. The summed E-state index contributed by atoms with van der Waals surface area (Å²) in [7, 11) is 0. The van der Waals surface area contributed by atoms with Crippen molar-refractivity contribution in [3.63, 3.8) is 0 Å². The summed E-state index contributed by atoms with van der Waals surface area (Å²) in [6.45, 7) is 2.14. The van der Waals surface area contributed by atoms with Gasteiger partial charge >= 0.3 is 5.97 Å². The van der Waals surface area contributed by atoms with Gasteiger partial charge in [0.25, 0.3) is 5.91 Å². The second-order valence-corrected chi connectivity index (χ2v) is 8.91. The average Bonchev–Trinajstić information content (AvgIpc) is 3.11. The van der Waals surface area contributed by atoms with E-state index in [0.717, 1.165) is 31.2 Å². The molecule has 1 aliphatic heterocycles. The monoisotopic (exact) mass is 418 g/mol. The Morgan fingerprint density at radius 1 is 1.07 bits per heavy atom. The van der Waals surface area contributed by atoms with Crippen molar-refractivity contribution in [2.45, 2.75) is 38.5 Å². The van der Waals surface area contributed by atoms with Crippen LogP contribution < -0.4 is 5.32 Å². The molecule has 2 heterocycles. The Kier molecular flexibility index (Phi) is 6.01. The maximum Gasteiger partial charge on any atom is 0.307 e. The van der Waals surface area contributed by atoms with Gasteiger partial charge in [-0.3, -0.25) is 14.4 Å². The second-order valence-electron chi connectivity index (χ2n) is 7.80. The molecule has 1 aromatic heterocycles. The van der Waals surface area contributed by atoms with Gasteiger partial charge in [0.15, 0.2) is 0 Å². The van der Waals surface area contributed by atoms with Crippen molar-refractivity contribution in [3.05, 3.63) is 28.2 Å². The topological polar surface area (TPSA) is 95.9 Å². The fourth-order valence-corrected chi connectivity index (χ4v) is 5.67. The number of morpholine rings is 1. The number of carboxylic acid groups (broad SMARTS) is 1. The summed E-state index contributed by atoms with van der Waals surface area (Å²) in [6, 6.07) is 0. The zero-order chi connectivity index (χ0) is 20.4. The maximum atomic E-state index is 13.3. The minimum Gasteiger partial charge on any atom is -0.481 e. The summed E-state index contributed by atoms with van der Waals surface area (Å²) in [5.74, 6) is -2.67. The number of allylic oxidation sites excluding steroid dienone is 2. The van der Waals surface area contributed by atoms with E-state index in [0.29, 0.717) is 49.7 Å². The largest absolute Gasteiger partial charge is 0.481 e. The molecule has 3 aliphatic rings. The lowest BCUT2D eigenvalue weighted by molar-refractivity contribution is -0.146. The molecule has 4 rings (SSSR count). The third kappa shape index (κ3) is 4.09. The highest BCUT2D eigenvalue weighted by molar-refractivity contribution is 7.17. The molecule has 1 saturated heterocycles. The molecule has 0 aromatic carbocycles. The van der Waals surface area contributed by atoms with Crippen molar-refractivity contribution in [3.8, 4) is 0 Å². The molecule has 2 unspecified atom stereocenters. The Labute approximate surface area is 173 Å². The number of aryl methyl sites for hydroxylation is 1. The fraction of sp³-hybridized carbons (Fsp3) is 0.571. The van der Waals surface area contributed by atoms with Crippen LogP contribution in [0.1, 0.15) is 46.5 Å². The van der Waals surface area contributed by atoms with Crippen molar-refractivity contribution in [1.82, 2.24) is 4.90 Å². The fourth-order valence-electron chi connectivity index (χ4n) is 4.39. The van der Waals surface area contributed by atoms with Crippen LogP contribution in [0.3, 0.4) is 0 Å². The molecule has 7 nitrogen and oxygen atoms in total. The van der Waals surface area contributed by atoms with Gasteiger partial charge in [-0.1, -0.05) is 12.2 Å². The van der Waals surface area contributed by atoms with Gasteiger partial charge in [0.2, 0.25) is 5.91 Å². The predicted molar refractivity (Wildman–Crippen MR) is 109 cm³/mol. The lowest BCUT2D eigenvalue weighted by Gasteiger charge is -2.28. The summed E-state index contributed by atoms with van der Waals surface area (Å²) < 4.78 is 5.37. The van der Waals surface area contributed by atoms with Crippen molar-refractivity contribution < 1.29 is 24.2 Å². The van der Waals surface area contributed by atoms with Crippen LogP contribution in [0, 0.1) is 11.8 Å². The van der Waals surface area contributed by atoms with Gasteiger partial charge in [0.05, 0.1) is 30.6 Å². The zero-order valence-electron chi connectivity index (χ0n) is 16.3. The molecule has 0 bridgehead atoms. The van der Waals surface area contributed by atoms with Crippen LogP contribution in [0.2, 0.25) is 0 Å². The number of hydrogen-bond donors (Lipinski definition) is 2. The number of anilines is 1. The Morgan fingerprint density at radius 2 is 1.76 bits per heavy atom. The first-order valence-corrected chi connectivity index (χ1v) is 11.1.